The minimum absolute atomic E-state index is 0.0253. The summed E-state index contributed by atoms with van der Waals surface area (Å²) in [4.78, 5) is 16.5. The van der Waals surface area contributed by atoms with Gasteiger partial charge in [-0.2, -0.15) is 0 Å². The molecule has 27 heavy (non-hydrogen) atoms. The molecule has 1 amide bonds. The number of ether oxygens (including phenoxy) is 1. The Morgan fingerprint density at radius 2 is 1.78 bits per heavy atom. The first-order valence-corrected chi connectivity index (χ1v) is 11.5. The Kier molecular flexibility index (Phi) is 9.17. The van der Waals surface area contributed by atoms with E-state index >= 15 is 0 Å². The number of rotatable bonds is 10. The largest absolute Gasteiger partial charge is 0.385 e. The second-order valence-electron chi connectivity index (χ2n) is 6.59. The number of nitrogens with one attached hydrogen (secondary N) is 1. The summed E-state index contributed by atoms with van der Waals surface area (Å²) in [6, 6.07) is 6.74. The van der Waals surface area contributed by atoms with Crippen molar-refractivity contribution in [3.8, 4) is 0 Å². The van der Waals surface area contributed by atoms with E-state index in [9.17, 15) is 13.2 Å². The van der Waals surface area contributed by atoms with Gasteiger partial charge < -0.3 is 10.1 Å². The minimum atomic E-state index is -3.27. The van der Waals surface area contributed by atoms with Crippen molar-refractivity contribution >= 4 is 31.7 Å². The highest BCUT2D eigenvalue weighted by Crippen LogP contribution is 2.16. The van der Waals surface area contributed by atoms with E-state index in [0.717, 1.165) is 37.1 Å². The molecular formula is C18H28BrN3O4S. The van der Waals surface area contributed by atoms with Gasteiger partial charge in [0.1, 0.15) is 0 Å². The number of carbonyl (C=O) groups excluding carboxylic acids is 1. The second kappa shape index (κ2) is 11.1. The van der Waals surface area contributed by atoms with Gasteiger partial charge in [-0.1, -0.05) is 15.9 Å². The van der Waals surface area contributed by atoms with Crippen LogP contribution in [0.15, 0.2) is 33.6 Å². The lowest BCUT2D eigenvalue weighted by Crippen LogP contribution is -2.50. The lowest BCUT2D eigenvalue weighted by molar-refractivity contribution is -0.122. The molecule has 1 N–H and O–H groups in total. The minimum Gasteiger partial charge on any atom is -0.385 e. The average Bonchev–Trinajstić information content (AvgIpc) is 2.65. The van der Waals surface area contributed by atoms with Crippen molar-refractivity contribution in [2.45, 2.75) is 11.3 Å². The molecule has 152 valence electrons. The van der Waals surface area contributed by atoms with E-state index in [0.29, 0.717) is 31.1 Å². The topological polar surface area (TPSA) is 79.0 Å². The third kappa shape index (κ3) is 7.87. The molecule has 0 unspecified atom stereocenters. The molecule has 1 aromatic rings. The summed E-state index contributed by atoms with van der Waals surface area (Å²) >= 11 is 3.32. The van der Waals surface area contributed by atoms with E-state index in [1.54, 1.807) is 31.4 Å². The van der Waals surface area contributed by atoms with Crippen LogP contribution >= 0.6 is 15.9 Å². The van der Waals surface area contributed by atoms with E-state index < -0.39 is 9.84 Å². The zero-order valence-electron chi connectivity index (χ0n) is 15.7. The van der Waals surface area contributed by atoms with Crippen LogP contribution in [0.1, 0.15) is 6.42 Å². The van der Waals surface area contributed by atoms with Crippen molar-refractivity contribution < 1.29 is 17.9 Å². The number of hydrogen-bond acceptors (Lipinski definition) is 6. The van der Waals surface area contributed by atoms with Crippen molar-refractivity contribution in [3.05, 3.63) is 28.7 Å². The third-order valence-electron chi connectivity index (χ3n) is 4.53. The van der Waals surface area contributed by atoms with Gasteiger partial charge in [-0.05, 0) is 30.7 Å². The van der Waals surface area contributed by atoms with Gasteiger partial charge in [0.2, 0.25) is 5.91 Å². The van der Waals surface area contributed by atoms with E-state index in [4.69, 9.17) is 4.74 Å². The van der Waals surface area contributed by atoms with Crippen LogP contribution in [-0.4, -0.2) is 89.4 Å². The fourth-order valence-electron chi connectivity index (χ4n) is 2.88. The van der Waals surface area contributed by atoms with Crippen LogP contribution in [-0.2, 0) is 19.4 Å². The van der Waals surface area contributed by atoms with Crippen LogP contribution in [0.25, 0.3) is 0 Å². The van der Waals surface area contributed by atoms with Crippen LogP contribution in [0.3, 0.4) is 0 Å². The van der Waals surface area contributed by atoms with Crippen LogP contribution in [0.2, 0.25) is 0 Å². The first kappa shape index (κ1) is 22.3. The number of amides is 1. The molecular weight excluding hydrogens is 434 g/mol. The van der Waals surface area contributed by atoms with Gasteiger partial charge in [-0.25, -0.2) is 8.42 Å². The Balaban J connectivity index is 1.68. The zero-order valence-corrected chi connectivity index (χ0v) is 18.1. The monoisotopic (exact) mass is 461 g/mol. The maximum Gasteiger partial charge on any atom is 0.234 e. The smallest absolute Gasteiger partial charge is 0.234 e. The highest BCUT2D eigenvalue weighted by molar-refractivity contribution is 9.10. The van der Waals surface area contributed by atoms with E-state index in [-0.39, 0.29) is 11.7 Å². The lowest BCUT2D eigenvalue weighted by atomic mass is 10.3. The molecule has 0 saturated carbocycles. The number of hydrogen-bond donors (Lipinski definition) is 1. The third-order valence-corrected chi connectivity index (χ3v) is 6.77. The summed E-state index contributed by atoms with van der Waals surface area (Å²) in [7, 11) is -1.63. The summed E-state index contributed by atoms with van der Waals surface area (Å²) in [5.74, 6) is 0.131. The molecule has 1 aliphatic rings. The van der Waals surface area contributed by atoms with Crippen LogP contribution < -0.4 is 5.32 Å². The Hall–Kier alpha value is -1.00. The predicted octanol–water partition coefficient (Wildman–Crippen LogP) is 0.993. The molecule has 0 spiro atoms. The Morgan fingerprint density at radius 3 is 2.41 bits per heavy atom. The standard InChI is InChI=1S/C18H28BrN3O4S/c1-26-13-2-7-20-18(23)15-22-10-8-21(9-11-22)12-14-27(24,25)17-5-3-16(19)4-6-17/h3-6H,2,7-15H2,1H3,(H,20,23). The Labute approximate surface area is 170 Å². The quantitative estimate of drug-likeness (QED) is 0.523. The maximum absolute atomic E-state index is 12.4. The summed E-state index contributed by atoms with van der Waals surface area (Å²) in [6.45, 7) is 5.24. The van der Waals surface area contributed by atoms with Crippen molar-refractivity contribution in [1.29, 1.82) is 0 Å². The number of piperazine rings is 1. The first-order chi connectivity index (χ1) is 12.9. The van der Waals surface area contributed by atoms with Crippen molar-refractivity contribution in [1.82, 2.24) is 15.1 Å². The number of benzene rings is 1. The molecule has 0 bridgehead atoms. The first-order valence-electron chi connectivity index (χ1n) is 9.09. The van der Waals surface area contributed by atoms with Crippen molar-refractivity contribution in [2.24, 2.45) is 0 Å². The number of methoxy groups -OCH3 is 1. The summed E-state index contributed by atoms with van der Waals surface area (Å²) in [5, 5.41) is 2.89. The molecule has 1 heterocycles. The number of carbonyl (C=O) groups is 1. The van der Waals surface area contributed by atoms with E-state index in [1.165, 1.54) is 0 Å². The normalized spacial score (nSPS) is 16.4. The lowest BCUT2D eigenvalue weighted by Gasteiger charge is -2.34. The van der Waals surface area contributed by atoms with Crippen LogP contribution in [0, 0.1) is 0 Å². The van der Waals surface area contributed by atoms with E-state index in [1.807, 2.05) is 0 Å². The molecule has 0 radical (unpaired) electrons. The van der Waals surface area contributed by atoms with Crippen molar-refractivity contribution in [3.63, 3.8) is 0 Å². The summed E-state index contributed by atoms with van der Waals surface area (Å²) in [5.41, 5.74) is 0. The van der Waals surface area contributed by atoms with Crippen molar-refractivity contribution in [2.75, 3.05) is 65.3 Å². The number of nitrogens with zero attached hydrogens (tertiary/aromatic N) is 2. The molecule has 1 aliphatic heterocycles. The van der Waals surface area contributed by atoms with Gasteiger partial charge in [-0.3, -0.25) is 14.6 Å². The molecule has 0 atom stereocenters. The average molecular weight is 462 g/mol. The number of sulfone groups is 1. The highest BCUT2D eigenvalue weighted by Gasteiger charge is 2.21. The Morgan fingerprint density at radius 1 is 1.15 bits per heavy atom. The van der Waals surface area contributed by atoms with Gasteiger partial charge in [0.25, 0.3) is 0 Å². The maximum atomic E-state index is 12.4. The van der Waals surface area contributed by atoms with E-state index in [2.05, 4.69) is 31.0 Å². The molecule has 1 aromatic carbocycles. The molecule has 2 rings (SSSR count). The summed E-state index contributed by atoms with van der Waals surface area (Å²) < 4.78 is 30.7. The molecule has 1 fully saturated rings. The van der Waals surface area contributed by atoms with Gasteiger partial charge in [0.15, 0.2) is 9.84 Å². The second-order valence-corrected chi connectivity index (χ2v) is 9.61. The zero-order chi connectivity index (χ0) is 19.7. The van der Waals surface area contributed by atoms with Gasteiger partial charge in [0, 0.05) is 57.5 Å². The highest BCUT2D eigenvalue weighted by atomic mass is 79.9. The fourth-order valence-corrected chi connectivity index (χ4v) is 4.43. The molecule has 0 aromatic heterocycles. The summed E-state index contributed by atoms with van der Waals surface area (Å²) in [6.07, 6.45) is 0.808. The fraction of sp³-hybridized carbons (Fsp3) is 0.611. The van der Waals surface area contributed by atoms with Gasteiger partial charge in [0.05, 0.1) is 17.2 Å². The predicted molar refractivity (Wildman–Crippen MR) is 109 cm³/mol. The number of halogens is 1. The van der Waals surface area contributed by atoms with Gasteiger partial charge in [-0.15, -0.1) is 0 Å². The molecule has 9 heteroatoms. The SMILES string of the molecule is COCCCNC(=O)CN1CCN(CCS(=O)(=O)c2ccc(Br)cc2)CC1. The molecule has 0 aliphatic carbocycles. The van der Waals surface area contributed by atoms with Crippen LogP contribution in [0.4, 0.5) is 0 Å². The Bertz CT molecular complexity index is 689. The van der Waals surface area contributed by atoms with Gasteiger partial charge >= 0.3 is 0 Å². The molecule has 1 saturated heterocycles. The molecule has 7 nitrogen and oxygen atoms in total. The van der Waals surface area contributed by atoms with Crippen LogP contribution in [0.5, 0.6) is 0 Å².